The minimum atomic E-state index is -3.02. The lowest BCUT2D eigenvalue weighted by atomic mass is 10.1. The van der Waals surface area contributed by atoms with E-state index < -0.39 is 48.0 Å². The van der Waals surface area contributed by atoms with Crippen molar-refractivity contribution in [3.63, 3.8) is 0 Å². The van der Waals surface area contributed by atoms with Gasteiger partial charge in [0.25, 0.3) is 5.89 Å². The lowest BCUT2D eigenvalue weighted by Crippen LogP contribution is -2.43. The molecule has 0 spiro atoms. The number of morpholine rings is 1. The predicted molar refractivity (Wildman–Crippen MR) is 120 cm³/mol. The van der Waals surface area contributed by atoms with Crippen molar-refractivity contribution in [1.29, 1.82) is 0 Å². The van der Waals surface area contributed by atoms with E-state index in [1.54, 1.807) is 0 Å². The summed E-state index contributed by atoms with van der Waals surface area (Å²) in [6.45, 7) is 1.18. The number of rotatable bonds is 6. The second kappa shape index (κ2) is 10.4. The zero-order valence-corrected chi connectivity index (χ0v) is 19.3. The highest BCUT2D eigenvalue weighted by Crippen LogP contribution is 2.29. The fourth-order valence-corrected chi connectivity index (χ4v) is 3.62. The SMILES string of the molecule is O=C(Nc1cc(-c2nnn(Cc3c(F)cc(-c4nnc(C(F)F)o4)cc3F)n2)ccc1O)N1CCOCC1. The highest BCUT2D eigenvalue weighted by Gasteiger charge is 2.21. The first-order valence-corrected chi connectivity index (χ1v) is 11.1. The number of aromatic nitrogens is 6. The third kappa shape index (κ3) is 5.24. The second-order valence-electron chi connectivity index (χ2n) is 8.07. The van der Waals surface area contributed by atoms with Crippen LogP contribution in [0, 0.1) is 11.6 Å². The van der Waals surface area contributed by atoms with E-state index in [-0.39, 0.29) is 22.8 Å². The lowest BCUT2D eigenvalue weighted by Gasteiger charge is -2.27. The van der Waals surface area contributed by atoms with E-state index >= 15 is 0 Å². The Kier molecular flexibility index (Phi) is 6.87. The van der Waals surface area contributed by atoms with Gasteiger partial charge in [0, 0.05) is 29.8 Å². The zero-order valence-electron chi connectivity index (χ0n) is 19.3. The van der Waals surface area contributed by atoms with Crippen LogP contribution in [-0.2, 0) is 11.3 Å². The summed E-state index contributed by atoms with van der Waals surface area (Å²) >= 11 is 0. The van der Waals surface area contributed by atoms with Gasteiger partial charge in [-0.3, -0.25) is 0 Å². The lowest BCUT2D eigenvalue weighted by molar-refractivity contribution is 0.0564. The monoisotopic (exact) mass is 534 g/mol. The van der Waals surface area contributed by atoms with Gasteiger partial charge in [-0.25, -0.2) is 13.6 Å². The minimum Gasteiger partial charge on any atom is -0.506 e. The van der Waals surface area contributed by atoms with Gasteiger partial charge in [0.2, 0.25) is 11.7 Å². The number of tetrazole rings is 1. The third-order valence-electron chi connectivity index (χ3n) is 5.56. The molecule has 0 bridgehead atoms. The summed E-state index contributed by atoms with van der Waals surface area (Å²) in [4.78, 5) is 14.9. The number of amides is 2. The van der Waals surface area contributed by atoms with Crippen molar-refractivity contribution in [2.24, 2.45) is 0 Å². The molecule has 0 aliphatic carbocycles. The molecule has 1 saturated heterocycles. The van der Waals surface area contributed by atoms with Gasteiger partial charge in [-0.1, -0.05) is 0 Å². The molecule has 0 radical (unpaired) electrons. The van der Waals surface area contributed by atoms with E-state index in [4.69, 9.17) is 9.15 Å². The molecule has 2 N–H and O–H groups in total. The first-order chi connectivity index (χ1) is 18.3. The molecular formula is C22H18F4N8O4. The standard InChI is InChI=1S/C22H18F4N8O4/c23-14-7-12(20-29-30-21(38-20)18(25)26)8-15(24)13(14)10-34-31-19(28-32-34)11-1-2-17(35)16(9-11)27-22(36)33-3-5-37-6-4-33/h1-2,7-9,18,35H,3-6,10H2,(H,27,36). The number of phenolic OH excluding ortho intramolecular Hbond substituents is 1. The molecule has 0 unspecified atom stereocenters. The maximum absolute atomic E-state index is 14.7. The number of hydrogen-bond acceptors (Lipinski definition) is 9. The van der Waals surface area contributed by atoms with Crippen molar-refractivity contribution < 1.29 is 36.6 Å². The van der Waals surface area contributed by atoms with Crippen molar-refractivity contribution in [2.45, 2.75) is 13.0 Å². The Hall–Kier alpha value is -4.60. The summed E-state index contributed by atoms with van der Waals surface area (Å²) in [6.07, 6.45) is -3.02. The fourth-order valence-electron chi connectivity index (χ4n) is 3.62. The van der Waals surface area contributed by atoms with E-state index in [0.29, 0.717) is 31.9 Å². The van der Waals surface area contributed by atoms with Crippen LogP contribution in [0.1, 0.15) is 17.9 Å². The van der Waals surface area contributed by atoms with Crippen LogP contribution in [0.25, 0.3) is 22.8 Å². The Balaban J connectivity index is 1.32. The first kappa shape index (κ1) is 25.1. The van der Waals surface area contributed by atoms with Gasteiger partial charge in [-0.15, -0.1) is 20.4 Å². The Morgan fingerprint density at radius 3 is 2.47 bits per heavy atom. The maximum atomic E-state index is 14.7. The van der Waals surface area contributed by atoms with Crippen LogP contribution >= 0.6 is 0 Å². The molecule has 0 atom stereocenters. The molecule has 1 aliphatic rings. The van der Waals surface area contributed by atoms with E-state index in [2.05, 4.69) is 30.9 Å². The molecule has 4 aromatic rings. The number of carbonyl (C=O) groups excluding carboxylic acids is 1. The van der Waals surface area contributed by atoms with Crippen molar-refractivity contribution in [2.75, 3.05) is 31.6 Å². The molecule has 1 aliphatic heterocycles. The van der Waals surface area contributed by atoms with E-state index in [1.165, 1.54) is 23.1 Å². The molecule has 198 valence electrons. The van der Waals surface area contributed by atoms with Crippen LogP contribution in [0.5, 0.6) is 5.75 Å². The number of aromatic hydroxyl groups is 1. The number of benzene rings is 2. The van der Waals surface area contributed by atoms with Crippen LogP contribution in [-0.4, -0.2) is 72.7 Å². The summed E-state index contributed by atoms with van der Waals surface area (Å²) in [5, 5.41) is 31.1. The van der Waals surface area contributed by atoms with Crippen molar-refractivity contribution in [1.82, 2.24) is 35.3 Å². The second-order valence-corrected chi connectivity index (χ2v) is 8.07. The molecule has 0 saturated carbocycles. The highest BCUT2D eigenvalue weighted by molar-refractivity contribution is 5.91. The summed E-state index contributed by atoms with van der Waals surface area (Å²) in [7, 11) is 0. The molecule has 1 fully saturated rings. The fraction of sp³-hybridized carbons (Fsp3) is 0.273. The third-order valence-corrected chi connectivity index (χ3v) is 5.56. The summed E-state index contributed by atoms with van der Waals surface area (Å²) in [5.41, 5.74) is -0.158. The maximum Gasteiger partial charge on any atom is 0.322 e. The topological polar surface area (TPSA) is 144 Å². The molecule has 38 heavy (non-hydrogen) atoms. The van der Waals surface area contributed by atoms with Gasteiger partial charge in [-0.2, -0.15) is 13.6 Å². The van der Waals surface area contributed by atoms with Gasteiger partial charge in [0.15, 0.2) is 0 Å². The summed E-state index contributed by atoms with van der Waals surface area (Å²) < 4.78 is 64.7. The van der Waals surface area contributed by atoms with E-state index in [0.717, 1.165) is 16.9 Å². The van der Waals surface area contributed by atoms with Gasteiger partial charge < -0.3 is 24.5 Å². The number of hydrogen-bond donors (Lipinski definition) is 2. The number of alkyl halides is 2. The molecule has 5 rings (SSSR count). The Bertz CT molecular complexity index is 1450. The zero-order chi connectivity index (χ0) is 26.8. The van der Waals surface area contributed by atoms with Crippen LogP contribution in [0.15, 0.2) is 34.7 Å². The average Bonchev–Trinajstić information content (AvgIpc) is 3.58. The molecule has 16 heteroatoms. The van der Waals surface area contributed by atoms with Gasteiger partial charge in [0.05, 0.1) is 25.4 Å². The summed E-state index contributed by atoms with van der Waals surface area (Å²) in [5.74, 6) is -3.60. The number of nitrogens with one attached hydrogen (secondary N) is 1. The van der Waals surface area contributed by atoms with E-state index in [1.807, 2.05) is 0 Å². The molecular weight excluding hydrogens is 516 g/mol. The van der Waals surface area contributed by atoms with Gasteiger partial charge >= 0.3 is 12.5 Å². The molecule has 3 heterocycles. The number of phenols is 1. The predicted octanol–water partition coefficient (Wildman–Crippen LogP) is 3.22. The van der Waals surface area contributed by atoms with Crippen molar-refractivity contribution in [3.8, 4) is 28.6 Å². The number of nitrogens with zero attached hydrogens (tertiary/aromatic N) is 7. The number of carbonyl (C=O) groups is 1. The van der Waals surface area contributed by atoms with Crippen LogP contribution in [0.4, 0.5) is 28.0 Å². The largest absolute Gasteiger partial charge is 0.506 e. The first-order valence-electron chi connectivity index (χ1n) is 11.1. The molecule has 2 amide bonds. The number of halogens is 4. The normalized spacial score (nSPS) is 13.8. The quantitative estimate of drug-likeness (QED) is 0.281. The van der Waals surface area contributed by atoms with Gasteiger partial charge in [-0.05, 0) is 35.5 Å². The molecule has 2 aromatic heterocycles. The molecule has 2 aromatic carbocycles. The number of urea groups is 1. The number of ether oxygens (including phenoxy) is 1. The van der Waals surface area contributed by atoms with Crippen LogP contribution in [0.2, 0.25) is 0 Å². The minimum absolute atomic E-state index is 0.0645. The molecule has 12 nitrogen and oxygen atoms in total. The highest BCUT2D eigenvalue weighted by atomic mass is 19.3. The van der Waals surface area contributed by atoms with Crippen molar-refractivity contribution >= 4 is 11.7 Å². The Morgan fingerprint density at radius 2 is 1.79 bits per heavy atom. The number of anilines is 1. The van der Waals surface area contributed by atoms with E-state index in [9.17, 15) is 27.5 Å². The van der Waals surface area contributed by atoms with Crippen LogP contribution < -0.4 is 5.32 Å². The smallest absolute Gasteiger partial charge is 0.322 e. The van der Waals surface area contributed by atoms with Gasteiger partial charge in [0.1, 0.15) is 17.4 Å². The Morgan fingerprint density at radius 1 is 1.05 bits per heavy atom. The van der Waals surface area contributed by atoms with Crippen molar-refractivity contribution in [3.05, 3.63) is 53.4 Å². The summed E-state index contributed by atoms with van der Waals surface area (Å²) in [6, 6.07) is 5.56. The Labute approximate surface area is 210 Å². The average molecular weight is 534 g/mol. The van der Waals surface area contributed by atoms with Crippen LogP contribution in [0.3, 0.4) is 0 Å².